The van der Waals surface area contributed by atoms with E-state index in [1.165, 1.54) is 0 Å². The number of rotatable bonds is 3. The SMILES string of the molecule is CCC(C#N)C(=O)NC1CCS(=O)CC1. The molecule has 1 aliphatic rings. The Morgan fingerprint density at radius 1 is 1.60 bits per heavy atom. The number of carbonyl (C=O) groups is 1. The van der Waals surface area contributed by atoms with Crippen molar-refractivity contribution in [3.05, 3.63) is 0 Å². The Labute approximate surface area is 92.5 Å². The Balaban J connectivity index is 2.38. The van der Waals surface area contributed by atoms with Gasteiger partial charge in [0, 0.05) is 28.3 Å². The smallest absolute Gasteiger partial charge is 0.237 e. The van der Waals surface area contributed by atoms with Crippen molar-refractivity contribution in [2.24, 2.45) is 5.92 Å². The van der Waals surface area contributed by atoms with Gasteiger partial charge in [0.2, 0.25) is 5.91 Å². The van der Waals surface area contributed by atoms with Crippen LogP contribution in [0, 0.1) is 17.2 Å². The molecule has 0 aromatic heterocycles. The number of amides is 1. The van der Waals surface area contributed by atoms with Crippen LogP contribution in [0.4, 0.5) is 0 Å². The van der Waals surface area contributed by atoms with E-state index in [1.807, 2.05) is 13.0 Å². The van der Waals surface area contributed by atoms with Crippen molar-refractivity contribution in [1.82, 2.24) is 5.32 Å². The van der Waals surface area contributed by atoms with Crippen molar-refractivity contribution >= 4 is 16.7 Å². The lowest BCUT2D eigenvalue weighted by Crippen LogP contribution is -2.42. The van der Waals surface area contributed by atoms with Crippen molar-refractivity contribution in [3.8, 4) is 6.07 Å². The van der Waals surface area contributed by atoms with E-state index in [4.69, 9.17) is 5.26 Å². The van der Waals surface area contributed by atoms with E-state index in [1.54, 1.807) is 0 Å². The highest BCUT2D eigenvalue weighted by Crippen LogP contribution is 2.10. The zero-order valence-corrected chi connectivity index (χ0v) is 9.68. The number of hydrogen-bond donors (Lipinski definition) is 1. The summed E-state index contributed by atoms with van der Waals surface area (Å²) in [6.07, 6.45) is 2.07. The second-order valence-corrected chi connectivity index (χ2v) is 5.42. The van der Waals surface area contributed by atoms with Gasteiger partial charge in [-0.05, 0) is 19.3 Å². The Kier molecular flexibility index (Phi) is 4.76. The lowest BCUT2D eigenvalue weighted by atomic mass is 10.1. The number of nitriles is 1. The molecule has 1 rings (SSSR count). The number of nitrogens with zero attached hydrogens (tertiary/aromatic N) is 1. The van der Waals surface area contributed by atoms with E-state index in [9.17, 15) is 9.00 Å². The van der Waals surface area contributed by atoms with Crippen LogP contribution in [0.5, 0.6) is 0 Å². The molecule has 0 saturated carbocycles. The largest absolute Gasteiger partial charge is 0.352 e. The number of carbonyl (C=O) groups excluding carboxylic acids is 1. The van der Waals surface area contributed by atoms with E-state index >= 15 is 0 Å². The lowest BCUT2D eigenvalue weighted by Gasteiger charge is -2.23. The fraction of sp³-hybridized carbons (Fsp3) is 0.800. The molecule has 0 bridgehead atoms. The van der Waals surface area contributed by atoms with Crippen LogP contribution in [0.3, 0.4) is 0 Å². The summed E-state index contributed by atoms with van der Waals surface area (Å²) in [6.45, 7) is 1.82. The minimum Gasteiger partial charge on any atom is -0.352 e. The highest BCUT2D eigenvalue weighted by atomic mass is 32.2. The molecule has 1 heterocycles. The molecule has 1 atom stereocenters. The van der Waals surface area contributed by atoms with E-state index in [0.29, 0.717) is 17.9 Å². The first-order chi connectivity index (χ1) is 7.17. The number of nitrogens with one attached hydrogen (secondary N) is 1. The van der Waals surface area contributed by atoms with Crippen LogP contribution in [0.2, 0.25) is 0 Å². The monoisotopic (exact) mass is 228 g/mol. The molecule has 5 heteroatoms. The molecule has 1 amide bonds. The van der Waals surface area contributed by atoms with Crippen LogP contribution >= 0.6 is 0 Å². The fourth-order valence-corrected chi connectivity index (χ4v) is 2.87. The van der Waals surface area contributed by atoms with Gasteiger partial charge in [-0.25, -0.2) is 0 Å². The summed E-state index contributed by atoms with van der Waals surface area (Å²) in [6, 6.07) is 2.09. The summed E-state index contributed by atoms with van der Waals surface area (Å²) in [5.41, 5.74) is 0. The minimum absolute atomic E-state index is 0.109. The maximum atomic E-state index is 11.5. The quantitative estimate of drug-likeness (QED) is 0.767. The molecular weight excluding hydrogens is 212 g/mol. The van der Waals surface area contributed by atoms with E-state index < -0.39 is 16.7 Å². The normalized spacial score (nSPS) is 27.7. The predicted octanol–water partition coefficient (Wildman–Crippen LogP) is 0.563. The molecule has 0 radical (unpaired) electrons. The number of hydrogen-bond acceptors (Lipinski definition) is 3. The van der Waals surface area contributed by atoms with Gasteiger partial charge in [-0.3, -0.25) is 9.00 Å². The van der Waals surface area contributed by atoms with Crippen LogP contribution in [0.25, 0.3) is 0 Å². The molecular formula is C10H16N2O2S. The van der Waals surface area contributed by atoms with Crippen LogP contribution in [-0.4, -0.2) is 27.7 Å². The fourth-order valence-electron chi connectivity index (χ4n) is 1.58. The van der Waals surface area contributed by atoms with Crippen LogP contribution in [0.1, 0.15) is 26.2 Å². The maximum absolute atomic E-state index is 11.5. The molecule has 4 nitrogen and oxygen atoms in total. The molecule has 1 aliphatic heterocycles. The summed E-state index contributed by atoms with van der Waals surface area (Å²) in [5, 5.41) is 11.6. The second-order valence-electron chi connectivity index (χ2n) is 3.72. The highest BCUT2D eigenvalue weighted by molar-refractivity contribution is 7.85. The molecule has 1 saturated heterocycles. The van der Waals surface area contributed by atoms with Gasteiger partial charge < -0.3 is 5.32 Å². The maximum Gasteiger partial charge on any atom is 0.237 e. The first-order valence-corrected chi connectivity index (χ1v) is 6.71. The van der Waals surface area contributed by atoms with E-state index in [-0.39, 0.29) is 11.9 Å². The average Bonchev–Trinajstić information content (AvgIpc) is 2.23. The Bertz CT molecular complexity index is 288. The van der Waals surface area contributed by atoms with Gasteiger partial charge in [0.05, 0.1) is 6.07 Å². The third-order valence-corrected chi connectivity index (χ3v) is 4.00. The van der Waals surface area contributed by atoms with Crippen molar-refractivity contribution in [2.45, 2.75) is 32.2 Å². The summed E-state index contributed by atoms with van der Waals surface area (Å²) in [5.74, 6) is 0.595. The van der Waals surface area contributed by atoms with Gasteiger partial charge in [0.1, 0.15) is 5.92 Å². The zero-order chi connectivity index (χ0) is 11.3. The third kappa shape index (κ3) is 3.63. The van der Waals surface area contributed by atoms with Gasteiger partial charge in [-0.2, -0.15) is 5.26 Å². The third-order valence-electron chi connectivity index (χ3n) is 2.61. The highest BCUT2D eigenvalue weighted by Gasteiger charge is 2.22. The van der Waals surface area contributed by atoms with Crippen LogP contribution in [0.15, 0.2) is 0 Å². The van der Waals surface area contributed by atoms with E-state index in [0.717, 1.165) is 12.8 Å². The Morgan fingerprint density at radius 2 is 2.20 bits per heavy atom. The average molecular weight is 228 g/mol. The van der Waals surface area contributed by atoms with Crippen molar-refractivity contribution < 1.29 is 9.00 Å². The molecule has 0 aromatic carbocycles. The molecule has 1 unspecified atom stereocenters. The predicted molar refractivity (Wildman–Crippen MR) is 58.4 cm³/mol. The Morgan fingerprint density at radius 3 is 2.67 bits per heavy atom. The molecule has 84 valence electrons. The van der Waals surface area contributed by atoms with Gasteiger partial charge >= 0.3 is 0 Å². The lowest BCUT2D eigenvalue weighted by molar-refractivity contribution is -0.124. The summed E-state index contributed by atoms with van der Waals surface area (Å²) in [7, 11) is -0.706. The molecule has 15 heavy (non-hydrogen) atoms. The van der Waals surface area contributed by atoms with Crippen LogP contribution < -0.4 is 5.32 Å². The van der Waals surface area contributed by atoms with Crippen molar-refractivity contribution in [3.63, 3.8) is 0 Å². The summed E-state index contributed by atoms with van der Waals surface area (Å²) < 4.78 is 11.1. The first kappa shape index (κ1) is 12.2. The molecule has 0 spiro atoms. The van der Waals surface area contributed by atoms with Gasteiger partial charge in [-0.15, -0.1) is 0 Å². The Hall–Kier alpha value is -0.890. The molecule has 0 aliphatic carbocycles. The zero-order valence-electron chi connectivity index (χ0n) is 8.86. The summed E-state index contributed by atoms with van der Waals surface area (Å²) >= 11 is 0. The molecule has 1 fully saturated rings. The molecule has 0 aromatic rings. The van der Waals surface area contributed by atoms with Gasteiger partial charge in [0.15, 0.2) is 0 Å². The standard InChI is InChI=1S/C10H16N2O2S/c1-2-8(7-11)10(13)12-9-3-5-15(14)6-4-9/h8-9H,2-6H2,1H3,(H,12,13). The van der Waals surface area contributed by atoms with Crippen molar-refractivity contribution in [1.29, 1.82) is 5.26 Å². The van der Waals surface area contributed by atoms with E-state index in [2.05, 4.69) is 5.32 Å². The minimum atomic E-state index is -0.706. The first-order valence-electron chi connectivity index (χ1n) is 5.22. The van der Waals surface area contributed by atoms with Crippen LogP contribution in [-0.2, 0) is 15.6 Å². The van der Waals surface area contributed by atoms with Crippen molar-refractivity contribution in [2.75, 3.05) is 11.5 Å². The van der Waals surface area contributed by atoms with Gasteiger partial charge in [-0.1, -0.05) is 6.92 Å². The second kappa shape index (κ2) is 5.86. The van der Waals surface area contributed by atoms with Gasteiger partial charge in [0.25, 0.3) is 0 Å². The summed E-state index contributed by atoms with van der Waals surface area (Å²) in [4.78, 5) is 11.5. The molecule has 1 N–H and O–H groups in total. The topological polar surface area (TPSA) is 70.0 Å².